The highest BCUT2D eigenvalue weighted by Gasteiger charge is 2.13. The maximum Gasteiger partial charge on any atom is 0.243 e. The van der Waals surface area contributed by atoms with Gasteiger partial charge in [0.25, 0.3) is 0 Å². The van der Waals surface area contributed by atoms with Crippen molar-refractivity contribution >= 4 is 5.82 Å². The van der Waals surface area contributed by atoms with Crippen molar-refractivity contribution in [2.24, 2.45) is 0 Å². The average Bonchev–Trinajstić information content (AvgIpc) is 2.62. The number of nitrogens with zero attached hydrogens (tertiary/aromatic N) is 5. The molecule has 0 fully saturated rings. The van der Waals surface area contributed by atoms with Gasteiger partial charge < -0.3 is 5.73 Å². The minimum Gasteiger partial charge on any atom is -0.378 e. The number of rotatable bonds is 1. The third-order valence-electron chi connectivity index (χ3n) is 1.82. The normalized spacial score (nSPS) is 10.6. The Bertz CT molecular complexity index is 430. The first-order valence-corrected chi connectivity index (χ1v) is 3.67. The van der Waals surface area contributed by atoms with Crippen molar-refractivity contribution in [3.8, 4) is 5.82 Å². The van der Waals surface area contributed by atoms with Gasteiger partial charge in [0.2, 0.25) is 11.6 Å². The van der Waals surface area contributed by atoms with Gasteiger partial charge in [-0.1, -0.05) is 5.21 Å². The number of hydrogen-bond acceptors (Lipinski definition) is 6. The van der Waals surface area contributed by atoms with Crippen molar-refractivity contribution < 1.29 is 4.63 Å². The Morgan fingerprint density at radius 1 is 1.31 bits per heavy atom. The van der Waals surface area contributed by atoms with Gasteiger partial charge in [-0.3, -0.25) is 0 Å². The monoisotopic (exact) mass is 180 g/mol. The molecule has 0 saturated heterocycles. The van der Waals surface area contributed by atoms with Crippen LogP contribution in [0.3, 0.4) is 0 Å². The molecule has 0 aliphatic rings. The number of aryl methyl sites for hydroxylation is 1. The minimum atomic E-state index is 0.202. The molecule has 0 radical (unpaired) electrons. The number of anilines is 1. The standard InChI is InChI=1S/C6H8N6O/c1-3-4(2)12(11-8-3)6-5(7)9-13-10-6/h1-2H3,(H2,7,9). The third kappa shape index (κ3) is 1.05. The zero-order valence-electron chi connectivity index (χ0n) is 7.22. The first-order valence-electron chi connectivity index (χ1n) is 3.67. The molecule has 0 spiro atoms. The van der Waals surface area contributed by atoms with E-state index < -0.39 is 0 Å². The summed E-state index contributed by atoms with van der Waals surface area (Å²) in [4.78, 5) is 0. The summed E-state index contributed by atoms with van der Waals surface area (Å²) < 4.78 is 5.94. The molecule has 0 aliphatic heterocycles. The lowest BCUT2D eigenvalue weighted by Crippen LogP contribution is -2.03. The number of aromatic nitrogens is 5. The van der Waals surface area contributed by atoms with Crippen LogP contribution in [-0.2, 0) is 0 Å². The van der Waals surface area contributed by atoms with Gasteiger partial charge in [-0.05, 0) is 24.2 Å². The van der Waals surface area contributed by atoms with Crippen molar-refractivity contribution in [2.75, 3.05) is 5.73 Å². The van der Waals surface area contributed by atoms with Gasteiger partial charge >= 0.3 is 0 Å². The van der Waals surface area contributed by atoms with Gasteiger partial charge in [-0.2, -0.15) is 4.68 Å². The Labute approximate surface area is 73.5 Å². The molecule has 2 N–H and O–H groups in total. The highest BCUT2D eigenvalue weighted by atomic mass is 16.6. The minimum absolute atomic E-state index is 0.202. The van der Waals surface area contributed by atoms with E-state index in [9.17, 15) is 0 Å². The summed E-state index contributed by atoms with van der Waals surface area (Å²) in [5.74, 6) is 0.575. The predicted octanol–water partition coefficient (Wildman–Crippen LogP) is -0.151. The second kappa shape index (κ2) is 2.54. The number of hydrogen-bond donors (Lipinski definition) is 1. The van der Waals surface area contributed by atoms with Crippen LogP contribution in [0.1, 0.15) is 11.4 Å². The van der Waals surface area contributed by atoms with E-state index in [-0.39, 0.29) is 5.82 Å². The van der Waals surface area contributed by atoms with Crippen LogP contribution < -0.4 is 5.73 Å². The smallest absolute Gasteiger partial charge is 0.243 e. The summed E-state index contributed by atoms with van der Waals surface area (Å²) in [6.07, 6.45) is 0. The van der Waals surface area contributed by atoms with E-state index in [2.05, 4.69) is 25.3 Å². The largest absolute Gasteiger partial charge is 0.378 e. The van der Waals surface area contributed by atoms with Crippen LogP contribution in [0.4, 0.5) is 5.82 Å². The van der Waals surface area contributed by atoms with E-state index in [1.807, 2.05) is 13.8 Å². The molecule has 2 heterocycles. The molecule has 0 aliphatic carbocycles. The molecule has 2 aromatic heterocycles. The van der Waals surface area contributed by atoms with Crippen molar-refractivity contribution in [2.45, 2.75) is 13.8 Å². The Hall–Kier alpha value is -1.92. The fourth-order valence-corrected chi connectivity index (χ4v) is 0.944. The molecular formula is C6H8N6O. The van der Waals surface area contributed by atoms with Gasteiger partial charge in [0.15, 0.2) is 0 Å². The van der Waals surface area contributed by atoms with Crippen LogP contribution >= 0.6 is 0 Å². The van der Waals surface area contributed by atoms with Crippen LogP contribution in [0.15, 0.2) is 4.63 Å². The lowest BCUT2D eigenvalue weighted by Gasteiger charge is -1.95. The summed E-state index contributed by atoms with van der Waals surface area (Å²) in [7, 11) is 0. The van der Waals surface area contributed by atoms with E-state index in [1.54, 1.807) is 0 Å². The van der Waals surface area contributed by atoms with Crippen LogP contribution in [-0.4, -0.2) is 25.3 Å². The summed E-state index contributed by atoms with van der Waals surface area (Å²) >= 11 is 0. The molecule has 0 bridgehead atoms. The molecule has 2 aromatic rings. The van der Waals surface area contributed by atoms with E-state index >= 15 is 0 Å². The van der Waals surface area contributed by atoms with Crippen molar-refractivity contribution in [3.63, 3.8) is 0 Å². The van der Waals surface area contributed by atoms with E-state index in [4.69, 9.17) is 5.73 Å². The molecule has 0 atom stereocenters. The van der Waals surface area contributed by atoms with Crippen molar-refractivity contribution in [1.82, 2.24) is 25.3 Å². The Morgan fingerprint density at radius 3 is 2.54 bits per heavy atom. The van der Waals surface area contributed by atoms with Crippen molar-refractivity contribution in [1.29, 1.82) is 0 Å². The maximum atomic E-state index is 5.49. The summed E-state index contributed by atoms with van der Waals surface area (Å²) in [5, 5.41) is 14.8. The molecule has 0 saturated carbocycles. The second-order valence-electron chi connectivity index (χ2n) is 2.65. The van der Waals surface area contributed by atoms with Crippen LogP contribution in [0.2, 0.25) is 0 Å². The average molecular weight is 180 g/mol. The Kier molecular flexibility index (Phi) is 1.51. The molecule has 2 rings (SSSR count). The van der Waals surface area contributed by atoms with Gasteiger partial charge in [-0.25, -0.2) is 4.63 Å². The quantitative estimate of drug-likeness (QED) is 0.655. The lowest BCUT2D eigenvalue weighted by atomic mass is 10.4. The summed E-state index contributed by atoms with van der Waals surface area (Å²) in [6, 6.07) is 0. The maximum absolute atomic E-state index is 5.49. The zero-order valence-corrected chi connectivity index (χ0v) is 7.22. The van der Waals surface area contributed by atoms with E-state index in [1.165, 1.54) is 4.68 Å². The van der Waals surface area contributed by atoms with Crippen LogP contribution in [0, 0.1) is 13.8 Å². The second-order valence-corrected chi connectivity index (χ2v) is 2.65. The van der Waals surface area contributed by atoms with E-state index in [0.29, 0.717) is 5.82 Å². The summed E-state index contributed by atoms with van der Waals surface area (Å²) in [5.41, 5.74) is 7.18. The predicted molar refractivity (Wildman–Crippen MR) is 43.1 cm³/mol. The highest BCUT2D eigenvalue weighted by Crippen LogP contribution is 2.13. The molecule has 13 heavy (non-hydrogen) atoms. The van der Waals surface area contributed by atoms with Crippen molar-refractivity contribution in [3.05, 3.63) is 11.4 Å². The Morgan fingerprint density at radius 2 is 2.08 bits per heavy atom. The zero-order chi connectivity index (χ0) is 9.42. The fraction of sp³-hybridized carbons (Fsp3) is 0.333. The van der Waals surface area contributed by atoms with Gasteiger partial charge in [0.1, 0.15) is 0 Å². The molecule has 7 nitrogen and oxygen atoms in total. The van der Waals surface area contributed by atoms with Gasteiger partial charge in [0.05, 0.1) is 11.4 Å². The number of nitrogens with two attached hydrogens (primary N) is 1. The first kappa shape index (κ1) is 7.71. The first-order chi connectivity index (χ1) is 6.20. The molecule has 0 amide bonds. The summed E-state index contributed by atoms with van der Waals surface area (Å²) in [6.45, 7) is 3.71. The van der Waals surface area contributed by atoms with Gasteiger partial charge in [-0.15, -0.1) is 5.10 Å². The van der Waals surface area contributed by atoms with Crippen LogP contribution in [0.25, 0.3) is 5.82 Å². The van der Waals surface area contributed by atoms with Gasteiger partial charge in [0, 0.05) is 0 Å². The van der Waals surface area contributed by atoms with Crippen LogP contribution in [0.5, 0.6) is 0 Å². The fourth-order valence-electron chi connectivity index (χ4n) is 0.944. The highest BCUT2D eigenvalue weighted by molar-refractivity contribution is 5.44. The molecule has 7 heteroatoms. The molecule has 68 valence electrons. The third-order valence-corrected chi connectivity index (χ3v) is 1.82. The Balaban J connectivity index is 2.59. The molecule has 0 aromatic carbocycles. The topological polar surface area (TPSA) is 95.6 Å². The lowest BCUT2D eigenvalue weighted by molar-refractivity contribution is 0.306. The van der Waals surface area contributed by atoms with E-state index in [0.717, 1.165) is 11.4 Å². The molecule has 0 unspecified atom stereocenters. The molecular weight excluding hydrogens is 172 g/mol. The SMILES string of the molecule is Cc1nnn(-c2nonc2N)c1C. The number of nitrogen functional groups attached to an aromatic ring is 1.